The highest BCUT2D eigenvalue weighted by molar-refractivity contribution is 5.91. The number of amides is 9. The van der Waals surface area contributed by atoms with E-state index in [9.17, 15) is 88.5 Å². The molecule has 1 saturated heterocycles. The number of aliphatic carboxylic acids is 1. The van der Waals surface area contributed by atoms with Gasteiger partial charge >= 0.3 is 18.0 Å². The van der Waals surface area contributed by atoms with Crippen LogP contribution < -0.4 is 43.0 Å². The van der Waals surface area contributed by atoms with E-state index in [1.54, 1.807) is 56.4 Å². The lowest BCUT2D eigenvalue weighted by atomic mass is 9.89. The minimum Gasteiger partial charge on any atom is -0.480 e. The van der Waals surface area contributed by atoms with E-state index in [4.69, 9.17) is 20.3 Å². The van der Waals surface area contributed by atoms with E-state index in [1.807, 2.05) is 41.5 Å². The van der Waals surface area contributed by atoms with Crippen LogP contribution in [0.15, 0.2) is 30.3 Å². The summed E-state index contributed by atoms with van der Waals surface area (Å²) in [6.07, 6.45) is -11.4. The summed E-state index contributed by atoms with van der Waals surface area (Å²) >= 11 is 0. The molecule has 32 heteroatoms. The van der Waals surface area contributed by atoms with Crippen LogP contribution in [-0.2, 0) is 63.8 Å². The second-order valence-corrected chi connectivity index (χ2v) is 24.8. The van der Waals surface area contributed by atoms with Crippen molar-refractivity contribution in [2.24, 2.45) is 29.4 Å². The highest BCUT2D eigenvalue weighted by Gasteiger charge is 2.43. The van der Waals surface area contributed by atoms with Crippen LogP contribution in [-0.4, -0.2) is 273 Å². The van der Waals surface area contributed by atoms with Gasteiger partial charge in [0.25, 0.3) is 0 Å². The summed E-state index contributed by atoms with van der Waals surface area (Å²) in [6, 6.07) is 0.273. The van der Waals surface area contributed by atoms with Gasteiger partial charge in [-0.1, -0.05) is 85.2 Å². The molecule has 0 radical (unpaired) electrons. The summed E-state index contributed by atoms with van der Waals surface area (Å²) in [5, 5.41) is 98.3. The Hall–Kier alpha value is -7.17. The Morgan fingerprint density at radius 3 is 1.91 bits per heavy atom. The number of carboxylic acid groups (broad SMARTS) is 1. The summed E-state index contributed by atoms with van der Waals surface area (Å²) in [5.41, 5.74) is 6.45. The molecule has 94 heavy (non-hydrogen) atoms. The lowest BCUT2D eigenvalue weighted by molar-refractivity contribution is -0.147. The number of ether oxygens (including phenoxy) is 2. The maximum absolute atomic E-state index is 14.2. The standard InChI is InChI=1S/C62H105N11O21/c1-12-35(6)51(72(11)59(88)49(33(2)3)70-58(87)50(34(4)5)71(9)10)43(75)29-48(80)73-26-16-20-42(73)52(81)36(7)55(84)69-41(28-38-18-14-13-15-19-38)57(86)64-24-17-27-93-61(91)37(8)67-47(79)23-25-65-62(92)94-32-39(63)56(85)68-40(60(89)90)21-22-46(78)66-30-44(76)53(82)54(83)45(77)31-74/h13-15,18-19,33-37,39-45,49-54,74-77,81-83H,12,16-17,20-32,63H2,1-11H3,(H,64,86)(H,65,92)(H,66,78)(H,67,79)(H,68,85)(H,69,84)(H,70,87)(H,89,90)/t35-,36+,37?,39?,40?,41-,42-,43+,44-,45+,49?,50-,51-,52+,53+,54+/m0/s1. The summed E-state index contributed by atoms with van der Waals surface area (Å²) in [4.78, 5) is 148. The van der Waals surface area contributed by atoms with Gasteiger partial charge in [0.15, 0.2) is 0 Å². The molecule has 17 N–H and O–H groups in total. The molecule has 2 rings (SSSR count). The Kier molecular flexibility index (Phi) is 36.7. The van der Waals surface area contributed by atoms with Gasteiger partial charge in [0, 0.05) is 52.5 Å². The van der Waals surface area contributed by atoms with E-state index >= 15 is 0 Å². The number of aliphatic hydroxyl groups is 7. The van der Waals surface area contributed by atoms with Gasteiger partial charge in [-0.15, -0.1) is 0 Å². The van der Waals surface area contributed by atoms with Gasteiger partial charge in [-0.05, 0) is 70.0 Å². The third-order valence-electron chi connectivity index (χ3n) is 16.4. The van der Waals surface area contributed by atoms with E-state index < -0.39 is 189 Å². The third-order valence-corrected chi connectivity index (χ3v) is 16.4. The molecule has 0 spiro atoms. The van der Waals surface area contributed by atoms with Gasteiger partial charge in [-0.3, -0.25) is 43.3 Å². The molecule has 1 heterocycles. The molecule has 9 amide bonds. The van der Waals surface area contributed by atoms with Crippen LogP contribution in [0.1, 0.15) is 112 Å². The largest absolute Gasteiger partial charge is 0.480 e. The summed E-state index contributed by atoms with van der Waals surface area (Å²) in [6.45, 7) is 11.5. The first-order valence-corrected chi connectivity index (χ1v) is 31.9. The second kappa shape index (κ2) is 41.6. The summed E-state index contributed by atoms with van der Waals surface area (Å²) in [7, 11) is 5.14. The molecule has 1 aliphatic rings. The van der Waals surface area contributed by atoms with Gasteiger partial charge in [-0.25, -0.2) is 14.4 Å². The van der Waals surface area contributed by atoms with Crippen molar-refractivity contribution in [1.82, 2.24) is 51.9 Å². The first-order chi connectivity index (χ1) is 44.1. The van der Waals surface area contributed by atoms with E-state index in [0.717, 1.165) is 0 Å². The van der Waals surface area contributed by atoms with Crippen molar-refractivity contribution < 1.29 is 103 Å². The van der Waals surface area contributed by atoms with E-state index in [0.29, 0.717) is 24.8 Å². The number of likely N-dealkylation sites (tertiary alicyclic amines) is 1. The number of benzene rings is 1. The highest BCUT2D eigenvalue weighted by atomic mass is 16.6. The Bertz CT molecular complexity index is 2600. The molecule has 1 aromatic rings. The second-order valence-electron chi connectivity index (χ2n) is 24.8. The normalized spacial score (nSPS) is 18.0. The minimum absolute atomic E-state index is 0.0126. The molecule has 1 aliphatic heterocycles. The van der Waals surface area contributed by atoms with Gasteiger partial charge in [0.05, 0.1) is 62.0 Å². The van der Waals surface area contributed by atoms with Crippen molar-refractivity contribution >= 4 is 65.3 Å². The Morgan fingerprint density at radius 2 is 1.33 bits per heavy atom. The van der Waals surface area contributed by atoms with E-state index in [1.165, 1.54) is 23.6 Å². The van der Waals surface area contributed by atoms with E-state index in [2.05, 4.69) is 37.2 Å². The molecule has 0 aliphatic carbocycles. The fraction of sp³-hybridized carbons (Fsp3) is 0.726. The number of nitrogens with one attached hydrogen (secondary N) is 7. The molecule has 16 atom stereocenters. The van der Waals surface area contributed by atoms with Crippen LogP contribution in [0.2, 0.25) is 0 Å². The minimum atomic E-state index is -1.95. The molecule has 0 saturated carbocycles. The van der Waals surface area contributed by atoms with Crippen LogP contribution in [0.3, 0.4) is 0 Å². The Labute approximate surface area is 549 Å². The number of aliphatic hydroxyl groups excluding tert-OH is 7. The number of hydrogen-bond donors (Lipinski definition) is 16. The third kappa shape index (κ3) is 27.3. The van der Waals surface area contributed by atoms with Crippen LogP contribution in [0.5, 0.6) is 0 Å². The van der Waals surface area contributed by atoms with Crippen molar-refractivity contribution in [2.45, 2.75) is 198 Å². The van der Waals surface area contributed by atoms with Crippen LogP contribution >= 0.6 is 0 Å². The number of nitrogens with two attached hydrogens (primary N) is 1. The smallest absolute Gasteiger partial charge is 0.407 e. The Balaban J connectivity index is 1.91. The van der Waals surface area contributed by atoms with Crippen molar-refractivity contribution in [3.05, 3.63) is 35.9 Å². The number of carboxylic acids is 1. The molecule has 1 aromatic carbocycles. The number of esters is 1. The molecule has 0 bridgehead atoms. The maximum atomic E-state index is 14.2. The molecular weight excluding hydrogens is 1230 g/mol. The zero-order chi connectivity index (χ0) is 71.3. The lowest BCUT2D eigenvalue weighted by Crippen LogP contribution is -2.59. The van der Waals surface area contributed by atoms with Crippen LogP contribution in [0, 0.1) is 23.7 Å². The van der Waals surface area contributed by atoms with Crippen molar-refractivity contribution in [3.8, 4) is 0 Å². The zero-order valence-corrected chi connectivity index (χ0v) is 55.9. The summed E-state index contributed by atoms with van der Waals surface area (Å²) in [5.74, 6) is -9.18. The SMILES string of the molecule is CC[C@H](C)[C@@H]([C@H](O)CC(=O)N1CCC[C@H]1[C@H](O)[C@@H](C)C(=O)N[C@@H](Cc1ccccc1)C(=O)NCCCOC(=O)C(C)NC(=O)CCNC(=O)OCC(N)C(=O)NC(CCC(=O)NC[C@H](O)[C@@H](O)[C@H](O)[C@H](O)CO)C(=O)O)N(C)C(=O)C(NC(=O)[C@H](C(C)C)N(C)C)C(C)C. The number of likely N-dealkylation sites (N-methyl/N-ethyl adjacent to an activating group) is 2. The number of hydrogen-bond acceptors (Lipinski definition) is 22. The van der Waals surface area contributed by atoms with Crippen molar-refractivity contribution in [3.63, 3.8) is 0 Å². The predicted molar refractivity (Wildman–Crippen MR) is 339 cm³/mol. The fourth-order valence-electron chi connectivity index (χ4n) is 10.7. The number of rotatable bonds is 42. The number of nitrogens with zero attached hydrogens (tertiary/aromatic N) is 3. The maximum Gasteiger partial charge on any atom is 0.407 e. The molecular formula is C62H105N11O21. The van der Waals surface area contributed by atoms with Crippen molar-refractivity contribution in [1.29, 1.82) is 0 Å². The topological polar surface area (TPSA) is 488 Å². The van der Waals surface area contributed by atoms with Gasteiger partial charge in [-0.2, -0.15) is 0 Å². The average Bonchev–Trinajstić information content (AvgIpc) is 1.41. The first-order valence-electron chi connectivity index (χ1n) is 31.9. The zero-order valence-electron chi connectivity index (χ0n) is 55.9. The fourth-order valence-corrected chi connectivity index (χ4v) is 10.7. The monoisotopic (exact) mass is 1340 g/mol. The van der Waals surface area contributed by atoms with E-state index in [-0.39, 0.29) is 69.2 Å². The van der Waals surface area contributed by atoms with Gasteiger partial charge < -0.3 is 103 Å². The van der Waals surface area contributed by atoms with Crippen molar-refractivity contribution in [2.75, 3.05) is 67.1 Å². The number of alkyl carbamates (subject to hydrolysis) is 1. The Morgan fingerprint density at radius 1 is 0.702 bits per heavy atom. The molecule has 0 aromatic heterocycles. The molecule has 534 valence electrons. The number of carbonyl (C=O) groups excluding carboxylic acids is 10. The van der Waals surface area contributed by atoms with Gasteiger partial charge in [0.2, 0.25) is 47.3 Å². The predicted octanol–water partition coefficient (Wildman–Crippen LogP) is -4.05. The first kappa shape index (κ1) is 82.9. The molecule has 4 unspecified atom stereocenters. The van der Waals surface area contributed by atoms with Gasteiger partial charge in [0.1, 0.15) is 55.1 Å². The van der Waals surface area contributed by atoms with Crippen LogP contribution in [0.25, 0.3) is 0 Å². The summed E-state index contributed by atoms with van der Waals surface area (Å²) < 4.78 is 10.2. The lowest BCUT2D eigenvalue weighted by Gasteiger charge is -2.40. The molecule has 1 fully saturated rings. The van der Waals surface area contributed by atoms with Crippen LogP contribution in [0.4, 0.5) is 4.79 Å². The highest BCUT2D eigenvalue weighted by Crippen LogP contribution is 2.28. The average molecular weight is 1340 g/mol. The quantitative estimate of drug-likeness (QED) is 0.0219. The molecule has 32 nitrogen and oxygen atoms in total. The number of carbonyl (C=O) groups is 11.